The van der Waals surface area contributed by atoms with Crippen LogP contribution < -0.4 is 0 Å². The van der Waals surface area contributed by atoms with E-state index in [1.54, 1.807) is 16.2 Å². The van der Waals surface area contributed by atoms with Crippen molar-refractivity contribution in [1.29, 1.82) is 0 Å². The Balaban J connectivity index is 1.40. The van der Waals surface area contributed by atoms with Crippen LogP contribution in [-0.4, -0.2) is 44.7 Å². The van der Waals surface area contributed by atoms with Crippen molar-refractivity contribution in [2.75, 3.05) is 6.54 Å². The Kier molecular flexibility index (Phi) is 4.29. The molecule has 0 bridgehead atoms. The largest absolute Gasteiger partial charge is 0.480 e. The smallest absolute Gasteiger partial charge is 0.326 e. The summed E-state index contributed by atoms with van der Waals surface area (Å²) in [5.74, 6) is 0.259. The summed E-state index contributed by atoms with van der Waals surface area (Å²) in [5.41, 5.74) is 0.869. The highest BCUT2D eigenvalue weighted by molar-refractivity contribution is 7.08. The number of likely N-dealkylation sites (tertiary alicyclic amines) is 1. The van der Waals surface area contributed by atoms with Gasteiger partial charge in [-0.05, 0) is 36.1 Å². The minimum atomic E-state index is -0.889. The molecule has 3 atom stereocenters. The summed E-state index contributed by atoms with van der Waals surface area (Å²) in [6.07, 6.45) is 3.50. The minimum Gasteiger partial charge on any atom is -0.480 e. The SMILES string of the molecule is O=C(O)C1C2CCCC2CN1C(=O)CCc1nnc(-c2ccsc2)o1. The number of rotatable bonds is 5. The molecule has 2 fully saturated rings. The van der Waals surface area contributed by atoms with Crippen molar-refractivity contribution in [1.82, 2.24) is 15.1 Å². The molecular formula is C17H19N3O4S. The average molecular weight is 361 g/mol. The van der Waals surface area contributed by atoms with Gasteiger partial charge < -0.3 is 14.4 Å². The van der Waals surface area contributed by atoms with Gasteiger partial charge in [0.05, 0.1) is 0 Å². The van der Waals surface area contributed by atoms with Gasteiger partial charge in [-0.2, -0.15) is 11.3 Å². The second-order valence-corrected chi connectivity index (χ2v) is 7.48. The van der Waals surface area contributed by atoms with Gasteiger partial charge in [-0.15, -0.1) is 10.2 Å². The molecular weight excluding hydrogens is 342 g/mol. The van der Waals surface area contributed by atoms with E-state index in [1.807, 2.05) is 16.8 Å². The molecule has 1 saturated carbocycles. The summed E-state index contributed by atoms with van der Waals surface area (Å²) in [5, 5.41) is 21.4. The zero-order chi connectivity index (χ0) is 17.4. The molecule has 3 unspecified atom stereocenters. The van der Waals surface area contributed by atoms with Crippen LogP contribution in [0.15, 0.2) is 21.2 Å². The number of aliphatic carboxylic acids is 1. The topological polar surface area (TPSA) is 96.5 Å². The number of hydrogen-bond acceptors (Lipinski definition) is 6. The summed E-state index contributed by atoms with van der Waals surface area (Å²) in [6, 6.07) is 1.22. The van der Waals surface area contributed by atoms with E-state index in [2.05, 4.69) is 10.2 Å². The van der Waals surface area contributed by atoms with Crippen molar-refractivity contribution < 1.29 is 19.1 Å². The van der Waals surface area contributed by atoms with Crippen molar-refractivity contribution >= 4 is 23.2 Å². The van der Waals surface area contributed by atoms with Crippen LogP contribution in [0.1, 0.15) is 31.6 Å². The molecule has 25 heavy (non-hydrogen) atoms. The molecule has 2 aromatic heterocycles. The molecule has 8 heteroatoms. The summed E-state index contributed by atoms with van der Waals surface area (Å²) < 4.78 is 5.59. The third-order valence-corrected chi connectivity index (χ3v) is 5.93. The summed E-state index contributed by atoms with van der Waals surface area (Å²) in [6.45, 7) is 0.560. The number of carboxylic acids is 1. The second-order valence-electron chi connectivity index (χ2n) is 6.70. The molecule has 7 nitrogen and oxygen atoms in total. The van der Waals surface area contributed by atoms with Crippen molar-refractivity contribution in [3.05, 3.63) is 22.7 Å². The van der Waals surface area contributed by atoms with Gasteiger partial charge in [-0.25, -0.2) is 4.79 Å². The zero-order valence-electron chi connectivity index (χ0n) is 13.6. The standard InChI is InChI=1S/C17H19N3O4S/c21-14(20-8-10-2-1-3-12(10)15(20)17(22)23)5-4-13-18-19-16(24-13)11-6-7-25-9-11/h6-7,9-10,12,15H,1-5,8H2,(H,22,23). The highest BCUT2D eigenvalue weighted by Crippen LogP contribution is 2.42. The van der Waals surface area contributed by atoms with Crippen molar-refractivity contribution in [2.24, 2.45) is 11.8 Å². The molecule has 1 N–H and O–H groups in total. The number of fused-ring (bicyclic) bond motifs is 1. The van der Waals surface area contributed by atoms with Crippen molar-refractivity contribution in [2.45, 2.75) is 38.1 Å². The number of aromatic nitrogens is 2. The van der Waals surface area contributed by atoms with Gasteiger partial charge in [0.1, 0.15) is 6.04 Å². The maximum absolute atomic E-state index is 12.6. The fourth-order valence-corrected chi connectivity index (χ4v) is 4.72. The number of nitrogens with zero attached hydrogens (tertiary/aromatic N) is 3. The second kappa shape index (κ2) is 6.59. The highest BCUT2D eigenvalue weighted by Gasteiger charge is 2.49. The summed E-state index contributed by atoms with van der Waals surface area (Å²) >= 11 is 1.55. The predicted octanol–water partition coefficient (Wildman–Crippen LogP) is 2.44. The fourth-order valence-electron chi connectivity index (χ4n) is 4.09. The van der Waals surface area contributed by atoms with Gasteiger partial charge in [0, 0.05) is 30.3 Å². The van der Waals surface area contributed by atoms with E-state index in [1.165, 1.54) is 0 Å². The lowest BCUT2D eigenvalue weighted by Crippen LogP contribution is -2.43. The number of thiophene rings is 1. The Morgan fingerprint density at radius 3 is 3.00 bits per heavy atom. The highest BCUT2D eigenvalue weighted by atomic mass is 32.1. The molecule has 1 saturated heterocycles. The number of amides is 1. The Morgan fingerprint density at radius 2 is 2.24 bits per heavy atom. The van der Waals surface area contributed by atoms with Crippen molar-refractivity contribution in [3.63, 3.8) is 0 Å². The third kappa shape index (κ3) is 3.06. The number of aryl methyl sites for hydroxylation is 1. The number of hydrogen-bond donors (Lipinski definition) is 1. The fraction of sp³-hybridized carbons (Fsp3) is 0.529. The van der Waals surface area contributed by atoms with E-state index in [4.69, 9.17) is 4.42 Å². The third-order valence-electron chi connectivity index (χ3n) is 5.25. The van der Waals surface area contributed by atoms with Gasteiger partial charge in [0.2, 0.25) is 17.7 Å². The Hall–Kier alpha value is -2.22. The predicted molar refractivity (Wildman–Crippen MR) is 89.9 cm³/mol. The molecule has 0 aromatic carbocycles. The lowest BCUT2D eigenvalue weighted by atomic mass is 9.94. The molecule has 3 heterocycles. The van der Waals surface area contributed by atoms with E-state index >= 15 is 0 Å². The van der Waals surface area contributed by atoms with Gasteiger partial charge in [0.25, 0.3) is 0 Å². The Morgan fingerprint density at radius 1 is 1.36 bits per heavy atom. The minimum absolute atomic E-state index is 0.107. The number of carboxylic acid groups (broad SMARTS) is 1. The first kappa shape index (κ1) is 16.3. The summed E-state index contributed by atoms with van der Waals surface area (Å²) in [7, 11) is 0. The molecule has 1 amide bonds. The maximum atomic E-state index is 12.6. The molecule has 2 aromatic rings. The molecule has 132 valence electrons. The van der Waals surface area contributed by atoms with E-state index in [0.29, 0.717) is 30.7 Å². The monoisotopic (exact) mass is 361 g/mol. The molecule has 1 aliphatic carbocycles. The molecule has 2 aliphatic rings. The van der Waals surface area contributed by atoms with Crippen LogP contribution in [0.5, 0.6) is 0 Å². The van der Waals surface area contributed by atoms with E-state index < -0.39 is 12.0 Å². The number of carbonyl (C=O) groups is 2. The first-order chi connectivity index (χ1) is 12.1. The molecule has 0 radical (unpaired) electrons. The average Bonchev–Trinajstić information content (AvgIpc) is 3.35. The van der Waals surface area contributed by atoms with Gasteiger partial charge >= 0.3 is 5.97 Å². The van der Waals surface area contributed by atoms with Crippen LogP contribution in [-0.2, 0) is 16.0 Å². The molecule has 1 aliphatic heterocycles. The lowest BCUT2D eigenvalue weighted by Gasteiger charge is -2.24. The van der Waals surface area contributed by atoms with Gasteiger partial charge in [0.15, 0.2) is 0 Å². The van der Waals surface area contributed by atoms with Crippen LogP contribution >= 0.6 is 11.3 Å². The summed E-state index contributed by atoms with van der Waals surface area (Å²) in [4.78, 5) is 25.8. The quantitative estimate of drug-likeness (QED) is 0.879. The lowest BCUT2D eigenvalue weighted by molar-refractivity contribution is -0.149. The van der Waals surface area contributed by atoms with Crippen LogP contribution in [0, 0.1) is 11.8 Å². The first-order valence-corrected chi connectivity index (χ1v) is 9.45. The molecule has 0 spiro atoms. The zero-order valence-corrected chi connectivity index (χ0v) is 14.4. The van der Waals surface area contributed by atoms with Gasteiger partial charge in [-0.3, -0.25) is 4.79 Å². The van der Waals surface area contributed by atoms with E-state index in [9.17, 15) is 14.7 Å². The van der Waals surface area contributed by atoms with Gasteiger partial charge in [-0.1, -0.05) is 6.42 Å². The van der Waals surface area contributed by atoms with E-state index in [0.717, 1.165) is 24.8 Å². The Bertz CT molecular complexity index is 773. The van der Waals surface area contributed by atoms with Crippen LogP contribution in [0.3, 0.4) is 0 Å². The van der Waals surface area contributed by atoms with Crippen molar-refractivity contribution in [3.8, 4) is 11.5 Å². The maximum Gasteiger partial charge on any atom is 0.326 e. The van der Waals surface area contributed by atoms with Crippen LogP contribution in [0.2, 0.25) is 0 Å². The number of carbonyl (C=O) groups excluding carboxylic acids is 1. The van der Waals surface area contributed by atoms with E-state index in [-0.39, 0.29) is 18.2 Å². The van der Waals surface area contributed by atoms with Crippen LogP contribution in [0.25, 0.3) is 11.5 Å². The molecule has 4 rings (SSSR count). The Labute approximate surface area is 148 Å². The normalized spacial score (nSPS) is 25.3. The van der Waals surface area contributed by atoms with Crippen LogP contribution in [0.4, 0.5) is 0 Å². The first-order valence-electron chi connectivity index (χ1n) is 8.50.